The van der Waals surface area contributed by atoms with Crippen LogP contribution in [0.4, 0.5) is 0 Å². The maximum absolute atomic E-state index is 4.53. The highest BCUT2D eigenvalue weighted by atomic mass is 32.2. The molecule has 1 aromatic carbocycles. The third kappa shape index (κ3) is 6.34. The Hall–Kier alpha value is -1.35. The van der Waals surface area contributed by atoms with E-state index in [1.54, 1.807) is 0 Å². The Morgan fingerprint density at radius 3 is 2.13 bits per heavy atom. The van der Waals surface area contributed by atoms with Crippen molar-refractivity contribution >= 4 is 11.8 Å². The van der Waals surface area contributed by atoms with Crippen molar-refractivity contribution in [1.82, 2.24) is 9.97 Å². The number of thioether (sulfide) groups is 1. The molecule has 0 fully saturated rings. The molecule has 0 unspecified atom stereocenters. The summed E-state index contributed by atoms with van der Waals surface area (Å²) in [6, 6.07) is 8.64. The molecule has 0 radical (unpaired) electrons. The number of rotatable bonds is 10. The molecule has 0 saturated heterocycles. The Balaban J connectivity index is 1.88. The number of aromatic nitrogens is 2. The van der Waals surface area contributed by atoms with Gasteiger partial charge in [-0.2, -0.15) is 0 Å². The predicted molar refractivity (Wildman–Crippen MR) is 101 cm³/mol. The normalized spacial score (nSPS) is 10.9. The van der Waals surface area contributed by atoms with Gasteiger partial charge in [-0.05, 0) is 42.7 Å². The largest absolute Gasteiger partial charge is 0.236 e. The molecule has 1 heterocycles. The van der Waals surface area contributed by atoms with Crippen LogP contribution in [0.1, 0.15) is 57.9 Å². The number of aryl methyl sites for hydroxylation is 1. The molecule has 2 rings (SSSR count). The van der Waals surface area contributed by atoms with Gasteiger partial charge in [0.2, 0.25) is 0 Å². The molecule has 1 aromatic heterocycles. The molecule has 0 N–H and O–H groups in total. The number of hydrogen-bond acceptors (Lipinski definition) is 3. The molecule has 0 aliphatic carbocycles. The molecule has 0 amide bonds. The summed E-state index contributed by atoms with van der Waals surface area (Å²) in [5, 5.41) is 0. The van der Waals surface area contributed by atoms with Crippen LogP contribution in [0.25, 0.3) is 11.4 Å². The summed E-state index contributed by atoms with van der Waals surface area (Å²) in [6.45, 7) is 4.47. The molecule has 124 valence electrons. The van der Waals surface area contributed by atoms with Crippen molar-refractivity contribution in [3.05, 3.63) is 42.2 Å². The molecule has 23 heavy (non-hydrogen) atoms. The molecular formula is C20H28N2S. The van der Waals surface area contributed by atoms with E-state index < -0.39 is 0 Å². The van der Waals surface area contributed by atoms with Gasteiger partial charge in [0.05, 0.1) is 0 Å². The van der Waals surface area contributed by atoms with Crippen LogP contribution in [-0.2, 0) is 6.42 Å². The number of nitrogens with zero attached hydrogens (tertiary/aromatic N) is 2. The second-order valence-electron chi connectivity index (χ2n) is 5.95. The summed E-state index contributed by atoms with van der Waals surface area (Å²) in [5.41, 5.74) is 2.34. The van der Waals surface area contributed by atoms with Gasteiger partial charge >= 0.3 is 0 Å². The van der Waals surface area contributed by atoms with Crippen LogP contribution in [0.5, 0.6) is 0 Å². The van der Waals surface area contributed by atoms with Crippen molar-refractivity contribution in [2.45, 2.75) is 63.7 Å². The first-order valence-corrected chi connectivity index (χ1v) is 9.86. The van der Waals surface area contributed by atoms with Crippen LogP contribution in [0, 0.1) is 0 Å². The molecule has 0 atom stereocenters. The Bertz CT molecular complexity index is 549. The van der Waals surface area contributed by atoms with Crippen molar-refractivity contribution < 1.29 is 0 Å². The maximum atomic E-state index is 4.53. The average molecular weight is 329 g/mol. The Morgan fingerprint density at radius 1 is 0.826 bits per heavy atom. The van der Waals surface area contributed by atoms with Crippen molar-refractivity contribution in [3.63, 3.8) is 0 Å². The maximum Gasteiger partial charge on any atom is 0.159 e. The predicted octanol–water partition coefficient (Wildman–Crippen LogP) is 6.16. The van der Waals surface area contributed by atoms with Gasteiger partial charge in [0.15, 0.2) is 5.82 Å². The SMILES string of the molecule is CCCCCSc1ccc(-c2ncc(CCCCC)cn2)cc1. The molecule has 0 spiro atoms. The zero-order chi connectivity index (χ0) is 16.3. The molecule has 0 aliphatic heterocycles. The van der Waals surface area contributed by atoms with Gasteiger partial charge in [-0.3, -0.25) is 0 Å². The van der Waals surface area contributed by atoms with Crippen molar-refractivity contribution in [3.8, 4) is 11.4 Å². The summed E-state index contributed by atoms with van der Waals surface area (Å²) in [7, 11) is 0. The standard InChI is InChI=1S/C20H28N2S/c1-3-5-7-9-17-15-21-20(22-16-17)18-10-12-19(13-11-18)23-14-8-6-4-2/h10-13,15-16H,3-9,14H2,1-2H3. The Morgan fingerprint density at radius 2 is 1.48 bits per heavy atom. The van der Waals surface area contributed by atoms with Gasteiger partial charge in [0.25, 0.3) is 0 Å². The van der Waals surface area contributed by atoms with E-state index in [4.69, 9.17) is 0 Å². The molecule has 2 aromatic rings. The second-order valence-corrected chi connectivity index (χ2v) is 7.12. The quantitative estimate of drug-likeness (QED) is 0.386. The Labute approximate surface area is 145 Å². The average Bonchev–Trinajstić information content (AvgIpc) is 2.60. The smallest absolute Gasteiger partial charge is 0.159 e. The van der Waals surface area contributed by atoms with E-state index in [-0.39, 0.29) is 0 Å². The van der Waals surface area contributed by atoms with Gasteiger partial charge in [-0.25, -0.2) is 9.97 Å². The molecule has 2 nitrogen and oxygen atoms in total. The molecule has 0 saturated carbocycles. The highest BCUT2D eigenvalue weighted by molar-refractivity contribution is 7.99. The van der Waals surface area contributed by atoms with Crippen molar-refractivity contribution in [1.29, 1.82) is 0 Å². The lowest BCUT2D eigenvalue weighted by Crippen LogP contribution is -1.93. The summed E-state index contributed by atoms with van der Waals surface area (Å²) in [6.07, 6.45) is 12.7. The highest BCUT2D eigenvalue weighted by Crippen LogP contribution is 2.23. The van der Waals surface area contributed by atoms with Gasteiger partial charge in [-0.15, -0.1) is 11.8 Å². The zero-order valence-electron chi connectivity index (χ0n) is 14.4. The van der Waals surface area contributed by atoms with Crippen molar-refractivity contribution in [2.75, 3.05) is 5.75 Å². The van der Waals surface area contributed by atoms with Crippen LogP contribution in [0.2, 0.25) is 0 Å². The minimum absolute atomic E-state index is 0.826. The van der Waals surface area contributed by atoms with Gasteiger partial charge in [0.1, 0.15) is 0 Å². The van der Waals surface area contributed by atoms with E-state index in [1.807, 2.05) is 24.2 Å². The molecular weight excluding hydrogens is 300 g/mol. The monoisotopic (exact) mass is 328 g/mol. The van der Waals surface area contributed by atoms with Crippen LogP contribution in [-0.4, -0.2) is 15.7 Å². The highest BCUT2D eigenvalue weighted by Gasteiger charge is 2.02. The number of unbranched alkanes of at least 4 members (excludes halogenated alkanes) is 4. The fraction of sp³-hybridized carbons (Fsp3) is 0.500. The first-order valence-electron chi connectivity index (χ1n) is 8.87. The molecule has 0 aliphatic rings. The van der Waals surface area contributed by atoms with Gasteiger partial charge in [0, 0.05) is 22.9 Å². The lowest BCUT2D eigenvalue weighted by Gasteiger charge is -2.05. The fourth-order valence-electron chi connectivity index (χ4n) is 2.45. The van der Waals surface area contributed by atoms with E-state index in [1.165, 1.54) is 54.7 Å². The van der Waals surface area contributed by atoms with E-state index in [0.29, 0.717) is 0 Å². The lowest BCUT2D eigenvalue weighted by atomic mass is 10.1. The van der Waals surface area contributed by atoms with E-state index >= 15 is 0 Å². The van der Waals surface area contributed by atoms with E-state index in [2.05, 4.69) is 48.1 Å². The minimum atomic E-state index is 0.826. The van der Waals surface area contributed by atoms with Crippen LogP contribution in [0.3, 0.4) is 0 Å². The van der Waals surface area contributed by atoms with E-state index in [0.717, 1.165) is 17.8 Å². The van der Waals surface area contributed by atoms with E-state index in [9.17, 15) is 0 Å². The third-order valence-electron chi connectivity index (χ3n) is 3.90. The summed E-state index contributed by atoms with van der Waals surface area (Å²) >= 11 is 1.94. The Kier molecular flexibility index (Phi) is 8.16. The number of hydrogen-bond donors (Lipinski definition) is 0. The van der Waals surface area contributed by atoms with Crippen LogP contribution < -0.4 is 0 Å². The minimum Gasteiger partial charge on any atom is -0.236 e. The first-order chi connectivity index (χ1) is 11.3. The summed E-state index contributed by atoms with van der Waals surface area (Å²) < 4.78 is 0. The molecule has 3 heteroatoms. The summed E-state index contributed by atoms with van der Waals surface area (Å²) in [4.78, 5) is 10.4. The number of benzene rings is 1. The third-order valence-corrected chi connectivity index (χ3v) is 5.00. The first kappa shape index (κ1) is 18.0. The van der Waals surface area contributed by atoms with Crippen LogP contribution in [0.15, 0.2) is 41.6 Å². The van der Waals surface area contributed by atoms with Gasteiger partial charge in [-0.1, -0.05) is 51.7 Å². The second kappa shape index (κ2) is 10.4. The van der Waals surface area contributed by atoms with Crippen LogP contribution >= 0.6 is 11.8 Å². The molecule has 0 bridgehead atoms. The topological polar surface area (TPSA) is 25.8 Å². The van der Waals surface area contributed by atoms with Gasteiger partial charge < -0.3 is 0 Å². The van der Waals surface area contributed by atoms with Crippen molar-refractivity contribution in [2.24, 2.45) is 0 Å². The fourth-order valence-corrected chi connectivity index (χ4v) is 3.37. The summed E-state index contributed by atoms with van der Waals surface area (Å²) in [5.74, 6) is 2.03. The zero-order valence-corrected chi connectivity index (χ0v) is 15.2. The lowest BCUT2D eigenvalue weighted by molar-refractivity contribution is 0.714.